The van der Waals surface area contributed by atoms with Gasteiger partial charge < -0.3 is 10.1 Å². The summed E-state index contributed by atoms with van der Waals surface area (Å²) in [6.45, 7) is 6.54. The maximum atomic E-state index is 12.9. The Kier molecular flexibility index (Phi) is 5.78. The van der Waals surface area contributed by atoms with Gasteiger partial charge in [-0.2, -0.15) is 0 Å². The van der Waals surface area contributed by atoms with E-state index in [9.17, 15) is 9.18 Å². The highest BCUT2D eigenvalue weighted by Gasteiger charge is 2.12. The lowest BCUT2D eigenvalue weighted by Gasteiger charge is -2.15. The van der Waals surface area contributed by atoms with E-state index >= 15 is 0 Å². The summed E-state index contributed by atoms with van der Waals surface area (Å²) in [7, 11) is 0. The Bertz CT molecular complexity index is 393. The summed E-state index contributed by atoms with van der Waals surface area (Å²) < 4.78 is 18.1. The van der Waals surface area contributed by atoms with Crippen LogP contribution in [0, 0.1) is 11.7 Å². The van der Waals surface area contributed by atoms with Gasteiger partial charge in [0.05, 0.1) is 5.92 Å². The van der Waals surface area contributed by atoms with Gasteiger partial charge in [-0.25, -0.2) is 4.39 Å². The van der Waals surface area contributed by atoms with E-state index in [1.165, 1.54) is 12.1 Å². The Morgan fingerprint density at radius 2 is 2.11 bits per heavy atom. The number of carbonyl (C=O) groups excluding carboxylic acids is 1. The topological polar surface area (TPSA) is 38.3 Å². The number of hydrogen-bond acceptors (Lipinski definition) is 3. The zero-order chi connectivity index (χ0) is 13.5. The zero-order valence-corrected chi connectivity index (χ0v) is 11.1. The largest absolute Gasteiger partial charge is 0.461 e. The van der Waals surface area contributed by atoms with E-state index in [4.69, 9.17) is 4.74 Å². The first-order valence-electron chi connectivity index (χ1n) is 6.14. The molecule has 1 N–H and O–H groups in total. The first-order valence-corrected chi connectivity index (χ1v) is 6.14. The highest BCUT2D eigenvalue weighted by Crippen LogP contribution is 2.03. The van der Waals surface area contributed by atoms with Crippen molar-refractivity contribution in [2.75, 3.05) is 6.54 Å². The maximum absolute atomic E-state index is 12.9. The number of nitrogens with one attached hydrogen (secondary N) is 1. The second-order valence-electron chi connectivity index (χ2n) is 4.66. The van der Waals surface area contributed by atoms with E-state index in [2.05, 4.69) is 5.32 Å². The summed E-state index contributed by atoms with van der Waals surface area (Å²) in [5, 5.41) is 3.13. The van der Waals surface area contributed by atoms with Crippen LogP contribution >= 0.6 is 0 Å². The van der Waals surface area contributed by atoms with Gasteiger partial charge >= 0.3 is 5.97 Å². The summed E-state index contributed by atoms with van der Waals surface area (Å²) in [6, 6.07) is 6.42. The third-order valence-corrected chi connectivity index (χ3v) is 2.44. The molecule has 0 aliphatic rings. The van der Waals surface area contributed by atoms with Crippen molar-refractivity contribution in [3.8, 4) is 0 Å². The Balaban J connectivity index is 2.27. The molecule has 1 atom stereocenters. The Morgan fingerprint density at radius 1 is 1.39 bits per heavy atom. The summed E-state index contributed by atoms with van der Waals surface area (Å²) in [5.74, 6) is -0.556. The van der Waals surface area contributed by atoms with Crippen LogP contribution in [0.5, 0.6) is 0 Å². The molecule has 4 heteroatoms. The van der Waals surface area contributed by atoms with Crippen molar-refractivity contribution >= 4 is 5.97 Å². The molecule has 1 aromatic carbocycles. The van der Waals surface area contributed by atoms with Crippen LogP contribution in [-0.2, 0) is 16.1 Å². The fourth-order valence-electron chi connectivity index (χ4n) is 1.44. The van der Waals surface area contributed by atoms with Crippen molar-refractivity contribution in [1.29, 1.82) is 0 Å². The third-order valence-electron chi connectivity index (χ3n) is 2.44. The minimum atomic E-state index is -0.242. The molecule has 1 aromatic rings. The van der Waals surface area contributed by atoms with Crippen molar-refractivity contribution < 1.29 is 13.9 Å². The first-order chi connectivity index (χ1) is 8.49. The Labute approximate surface area is 107 Å². The van der Waals surface area contributed by atoms with Gasteiger partial charge in [-0.1, -0.05) is 26.0 Å². The van der Waals surface area contributed by atoms with Gasteiger partial charge in [0.15, 0.2) is 0 Å². The third kappa shape index (κ3) is 5.27. The molecule has 0 spiro atoms. The van der Waals surface area contributed by atoms with Gasteiger partial charge in [0.25, 0.3) is 0 Å². The normalized spacial score (nSPS) is 12.5. The fourth-order valence-corrected chi connectivity index (χ4v) is 1.44. The molecule has 0 fully saturated rings. The first kappa shape index (κ1) is 14.6. The number of halogens is 1. The van der Waals surface area contributed by atoms with Crippen LogP contribution < -0.4 is 5.32 Å². The lowest BCUT2D eigenvalue weighted by atomic mass is 10.2. The lowest BCUT2D eigenvalue weighted by molar-refractivity contribution is -0.151. The predicted molar refractivity (Wildman–Crippen MR) is 68.5 cm³/mol. The molecule has 0 aliphatic carbocycles. The molecule has 0 bridgehead atoms. The molecular weight excluding hydrogens is 233 g/mol. The van der Waals surface area contributed by atoms with Gasteiger partial charge in [-0.3, -0.25) is 4.79 Å². The van der Waals surface area contributed by atoms with Crippen LogP contribution in [-0.4, -0.2) is 18.6 Å². The molecule has 0 aliphatic heterocycles. The molecule has 100 valence electrons. The smallest absolute Gasteiger partial charge is 0.308 e. The van der Waals surface area contributed by atoms with E-state index in [0.717, 1.165) is 5.56 Å². The Morgan fingerprint density at radius 3 is 2.72 bits per heavy atom. The SMILES string of the molecule is CC(CNCc1cccc(F)c1)OC(=O)C(C)C. The molecule has 18 heavy (non-hydrogen) atoms. The van der Waals surface area contributed by atoms with E-state index in [1.807, 2.05) is 13.0 Å². The van der Waals surface area contributed by atoms with E-state index in [0.29, 0.717) is 13.1 Å². The second kappa shape index (κ2) is 7.11. The minimum absolute atomic E-state index is 0.115. The Hall–Kier alpha value is -1.42. The number of ether oxygens (including phenoxy) is 1. The van der Waals surface area contributed by atoms with Gasteiger partial charge in [0.1, 0.15) is 11.9 Å². The van der Waals surface area contributed by atoms with Crippen LogP contribution in [0.2, 0.25) is 0 Å². The molecule has 0 aromatic heterocycles. The molecule has 1 unspecified atom stereocenters. The predicted octanol–water partition coefficient (Wildman–Crippen LogP) is 2.50. The summed E-state index contributed by atoms with van der Waals surface area (Å²) in [5.41, 5.74) is 0.873. The monoisotopic (exact) mass is 253 g/mol. The van der Waals surface area contributed by atoms with Crippen LogP contribution in [0.15, 0.2) is 24.3 Å². The van der Waals surface area contributed by atoms with Crippen molar-refractivity contribution in [2.24, 2.45) is 5.92 Å². The number of esters is 1. The average Bonchev–Trinajstić information content (AvgIpc) is 2.28. The van der Waals surface area contributed by atoms with Gasteiger partial charge in [-0.05, 0) is 24.6 Å². The molecule has 0 heterocycles. The number of hydrogen-bond donors (Lipinski definition) is 1. The molecule has 3 nitrogen and oxygen atoms in total. The average molecular weight is 253 g/mol. The van der Waals surface area contributed by atoms with Crippen molar-refractivity contribution in [3.05, 3.63) is 35.6 Å². The summed E-state index contributed by atoms with van der Waals surface area (Å²) >= 11 is 0. The fraction of sp³-hybridized carbons (Fsp3) is 0.500. The maximum Gasteiger partial charge on any atom is 0.308 e. The van der Waals surface area contributed by atoms with Crippen molar-refractivity contribution in [2.45, 2.75) is 33.4 Å². The minimum Gasteiger partial charge on any atom is -0.461 e. The number of rotatable bonds is 6. The highest BCUT2D eigenvalue weighted by molar-refractivity contribution is 5.71. The number of carbonyl (C=O) groups is 1. The standard InChI is InChI=1S/C14H20FNO2/c1-10(2)14(17)18-11(3)8-16-9-12-5-4-6-13(15)7-12/h4-7,10-11,16H,8-9H2,1-3H3. The molecule has 0 amide bonds. The van der Waals surface area contributed by atoms with Gasteiger partial charge in [0, 0.05) is 13.1 Å². The van der Waals surface area contributed by atoms with Crippen molar-refractivity contribution in [3.63, 3.8) is 0 Å². The molecule has 0 radical (unpaired) electrons. The van der Waals surface area contributed by atoms with Crippen LogP contribution in [0.1, 0.15) is 26.3 Å². The molecule has 1 rings (SSSR count). The second-order valence-corrected chi connectivity index (χ2v) is 4.66. The van der Waals surface area contributed by atoms with E-state index < -0.39 is 0 Å². The quantitative estimate of drug-likeness (QED) is 0.792. The summed E-state index contributed by atoms with van der Waals surface area (Å²) in [4.78, 5) is 11.3. The van der Waals surface area contributed by atoms with Gasteiger partial charge in [0.2, 0.25) is 0 Å². The van der Waals surface area contributed by atoms with Crippen LogP contribution in [0.4, 0.5) is 4.39 Å². The zero-order valence-electron chi connectivity index (χ0n) is 11.1. The van der Waals surface area contributed by atoms with Crippen molar-refractivity contribution in [1.82, 2.24) is 5.32 Å². The van der Waals surface area contributed by atoms with Crippen LogP contribution in [0.25, 0.3) is 0 Å². The highest BCUT2D eigenvalue weighted by atomic mass is 19.1. The van der Waals surface area contributed by atoms with E-state index in [-0.39, 0.29) is 23.8 Å². The van der Waals surface area contributed by atoms with E-state index in [1.54, 1.807) is 19.9 Å². The molecule has 0 saturated carbocycles. The summed E-state index contributed by atoms with van der Waals surface area (Å²) in [6.07, 6.45) is -0.187. The number of benzene rings is 1. The molecular formula is C14H20FNO2. The lowest BCUT2D eigenvalue weighted by Crippen LogP contribution is -2.29. The van der Waals surface area contributed by atoms with Crippen LogP contribution in [0.3, 0.4) is 0 Å². The molecule has 0 saturated heterocycles. The van der Waals surface area contributed by atoms with Gasteiger partial charge in [-0.15, -0.1) is 0 Å².